The molecular weight excluding hydrogens is 224 g/mol. The van der Waals surface area contributed by atoms with E-state index in [2.05, 4.69) is 24.1 Å². The smallest absolute Gasteiger partial charge is 0.0595 e. The van der Waals surface area contributed by atoms with E-state index in [1.165, 1.54) is 58.4 Å². The largest absolute Gasteiger partial charge is 0.381 e. The minimum atomic E-state index is 0.438. The molecule has 0 spiro atoms. The molecule has 2 fully saturated rings. The summed E-state index contributed by atoms with van der Waals surface area (Å²) < 4.78 is 5.45. The van der Waals surface area contributed by atoms with Crippen molar-refractivity contribution in [3.05, 3.63) is 0 Å². The first-order valence-corrected chi connectivity index (χ1v) is 7.57. The Balaban J connectivity index is 1.80. The molecule has 0 radical (unpaired) electrons. The SMILES string of the molecule is COC1CCN(CC(C)(C)C2CCCNC2)CC1. The predicted molar refractivity (Wildman–Crippen MR) is 75.8 cm³/mol. The topological polar surface area (TPSA) is 24.5 Å². The van der Waals surface area contributed by atoms with Crippen molar-refractivity contribution in [3.63, 3.8) is 0 Å². The van der Waals surface area contributed by atoms with Crippen LogP contribution in [0.15, 0.2) is 0 Å². The van der Waals surface area contributed by atoms with Gasteiger partial charge in [0.2, 0.25) is 0 Å². The van der Waals surface area contributed by atoms with Crippen LogP contribution in [-0.2, 0) is 4.74 Å². The average Bonchev–Trinajstić information content (AvgIpc) is 2.40. The lowest BCUT2D eigenvalue weighted by molar-refractivity contribution is 0.0190. The molecule has 1 atom stereocenters. The van der Waals surface area contributed by atoms with E-state index in [1.54, 1.807) is 0 Å². The molecule has 2 aliphatic heterocycles. The monoisotopic (exact) mass is 254 g/mol. The second kappa shape index (κ2) is 6.36. The predicted octanol–water partition coefficient (Wildman–Crippen LogP) is 2.12. The molecule has 0 aromatic heterocycles. The van der Waals surface area contributed by atoms with E-state index < -0.39 is 0 Å². The zero-order chi connectivity index (χ0) is 13.0. The van der Waals surface area contributed by atoms with Crippen molar-refractivity contribution in [1.82, 2.24) is 10.2 Å². The molecule has 0 aromatic rings. The van der Waals surface area contributed by atoms with Crippen LogP contribution in [0.25, 0.3) is 0 Å². The van der Waals surface area contributed by atoms with E-state index in [0.29, 0.717) is 11.5 Å². The number of rotatable bonds is 4. The summed E-state index contributed by atoms with van der Waals surface area (Å²) in [5, 5.41) is 3.56. The van der Waals surface area contributed by atoms with Gasteiger partial charge < -0.3 is 15.0 Å². The number of likely N-dealkylation sites (tertiary alicyclic amines) is 1. The maximum atomic E-state index is 5.45. The lowest BCUT2D eigenvalue weighted by atomic mass is 9.74. The Labute approximate surface area is 112 Å². The van der Waals surface area contributed by atoms with Crippen molar-refractivity contribution in [1.29, 1.82) is 0 Å². The van der Waals surface area contributed by atoms with Crippen molar-refractivity contribution in [2.24, 2.45) is 11.3 Å². The number of hydrogen-bond donors (Lipinski definition) is 1. The molecule has 2 aliphatic rings. The zero-order valence-corrected chi connectivity index (χ0v) is 12.4. The number of hydrogen-bond acceptors (Lipinski definition) is 3. The van der Waals surface area contributed by atoms with Crippen LogP contribution in [0.3, 0.4) is 0 Å². The number of nitrogens with one attached hydrogen (secondary N) is 1. The molecule has 0 aliphatic carbocycles. The molecule has 1 unspecified atom stereocenters. The van der Waals surface area contributed by atoms with Crippen LogP contribution in [-0.4, -0.2) is 50.8 Å². The van der Waals surface area contributed by atoms with Crippen molar-refractivity contribution < 1.29 is 4.74 Å². The van der Waals surface area contributed by atoms with Crippen LogP contribution >= 0.6 is 0 Å². The van der Waals surface area contributed by atoms with E-state index in [1.807, 2.05) is 7.11 Å². The van der Waals surface area contributed by atoms with E-state index in [0.717, 1.165) is 5.92 Å². The highest BCUT2D eigenvalue weighted by molar-refractivity contribution is 4.86. The van der Waals surface area contributed by atoms with Gasteiger partial charge in [0.1, 0.15) is 0 Å². The maximum Gasteiger partial charge on any atom is 0.0595 e. The summed E-state index contributed by atoms with van der Waals surface area (Å²) >= 11 is 0. The summed E-state index contributed by atoms with van der Waals surface area (Å²) in [5.74, 6) is 0.839. The van der Waals surface area contributed by atoms with Gasteiger partial charge in [0, 0.05) is 26.7 Å². The van der Waals surface area contributed by atoms with Gasteiger partial charge in [0.25, 0.3) is 0 Å². The first-order valence-electron chi connectivity index (χ1n) is 7.57. The second-order valence-electron chi connectivity index (χ2n) is 6.74. The van der Waals surface area contributed by atoms with E-state index >= 15 is 0 Å². The van der Waals surface area contributed by atoms with E-state index in [-0.39, 0.29) is 0 Å². The Bertz CT molecular complexity index is 241. The molecule has 0 bridgehead atoms. The van der Waals surface area contributed by atoms with Gasteiger partial charge in [0.05, 0.1) is 6.10 Å². The normalized spacial score (nSPS) is 28.5. The van der Waals surface area contributed by atoms with Crippen LogP contribution < -0.4 is 5.32 Å². The fourth-order valence-corrected chi connectivity index (χ4v) is 3.53. The van der Waals surface area contributed by atoms with E-state index in [4.69, 9.17) is 4.74 Å². The highest BCUT2D eigenvalue weighted by Crippen LogP contribution is 2.33. The number of nitrogens with zero attached hydrogens (tertiary/aromatic N) is 1. The summed E-state index contributed by atoms with van der Waals surface area (Å²) in [7, 11) is 1.85. The third kappa shape index (κ3) is 3.69. The van der Waals surface area contributed by atoms with Gasteiger partial charge in [-0.05, 0) is 50.1 Å². The van der Waals surface area contributed by atoms with Gasteiger partial charge in [-0.3, -0.25) is 0 Å². The van der Waals surface area contributed by atoms with Crippen molar-refractivity contribution >= 4 is 0 Å². The third-order valence-corrected chi connectivity index (χ3v) is 4.90. The lowest BCUT2D eigenvalue weighted by Crippen LogP contribution is -2.47. The Morgan fingerprint density at radius 1 is 1.22 bits per heavy atom. The van der Waals surface area contributed by atoms with E-state index in [9.17, 15) is 0 Å². The molecule has 106 valence electrons. The molecular formula is C15H30N2O. The quantitative estimate of drug-likeness (QED) is 0.832. The zero-order valence-electron chi connectivity index (χ0n) is 12.4. The highest BCUT2D eigenvalue weighted by Gasteiger charge is 2.33. The molecule has 3 nitrogen and oxygen atoms in total. The van der Waals surface area contributed by atoms with Crippen LogP contribution in [0.2, 0.25) is 0 Å². The minimum Gasteiger partial charge on any atom is -0.381 e. The average molecular weight is 254 g/mol. The lowest BCUT2D eigenvalue weighted by Gasteiger charge is -2.42. The molecule has 2 saturated heterocycles. The van der Waals surface area contributed by atoms with Crippen molar-refractivity contribution in [3.8, 4) is 0 Å². The summed E-state index contributed by atoms with van der Waals surface area (Å²) in [6.07, 6.45) is 5.65. The summed E-state index contributed by atoms with van der Waals surface area (Å²) in [4.78, 5) is 2.64. The van der Waals surface area contributed by atoms with Crippen LogP contribution in [0, 0.1) is 11.3 Å². The Morgan fingerprint density at radius 3 is 2.50 bits per heavy atom. The van der Waals surface area contributed by atoms with Gasteiger partial charge in [-0.2, -0.15) is 0 Å². The van der Waals surface area contributed by atoms with Gasteiger partial charge >= 0.3 is 0 Å². The van der Waals surface area contributed by atoms with Gasteiger partial charge in [0.15, 0.2) is 0 Å². The first kappa shape index (κ1) is 14.3. The van der Waals surface area contributed by atoms with Crippen LogP contribution in [0.4, 0.5) is 0 Å². The number of piperidine rings is 2. The van der Waals surface area contributed by atoms with Gasteiger partial charge in [-0.1, -0.05) is 13.8 Å². The van der Waals surface area contributed by atoms with Crippen LogP contribution in [0.5, 0.6) is 0 Å². The number of ether oxygens (including phenoxy) is 1. The third-order valence-electron chi connectivity index (χ3n) is 4.90. The molecule has 1 N–H and O–H groups in total. The summed E-state index contributed by atoms with van der Waals surface area (Å²) in [6, 6.07) is 0. The number of methoxy groups -OCH3 is 1. The highest BCUT2D eigenvalue weighted by atomic mass is 16.5. The van der Waals surface area contributed by atoms with Crippen molar-refractivity contribution in [2.75, 3.05) is 39.8 Å². The minimum absolute atomic E-state index is 0.438. The van der Waals surface area contributed by atoms with Crippen molar-refractivity contribution in [2.45, 2.75) is 45.6 Å². The van der Waals surface area contributed by atoms with Gasteiger partial charge in [-0.15, -0.1) is 0 Å². The van der Waals surface area contributed by atoms with Crippen LogP contribution in [0.1, 0.15) is 39.5 Å². The first-order chi connectivity index (χ1) is 8.62. The Kier molecular flexibility index (Phi) is 5.05. The molecule has 0 amide bonds. The standard InChI is InChI=1S/C15H30N2O/c1-15(2,13-5-4-8-16-11-13)12-17-9-6-14(18-3)7-10-17/h13-14,16H,4-12H2,1-3H3. The molecule has 2 rings (SSSR count). The maximum absolute atomic E-state index is 5.45. The molecule has 2 heterocycles. The van der Waals surface area contributed by atoms with Gasteiger partial charge in [-0.25, -0.2) is 0 Å². The second-order valence-corrected chi connectivity index (χ2v) is 6.74. The summed E-state index contributed by atoms with van der Waals surface area (Å²) in [5.41, 5.74) is 0.438. The Hall–Kier alpha value is -0.120. The molecule has 18 heavy (non-hydrogen) atoms. The molecule has 3 heteroatoms. The summed E-state index contributed by atoms with van der Waals surface area (Å²) in [6.45, 7) is 11.0. The molecule has 0 saturated carbocycles. The molecule has 0 aromatic carbocycles. The fourth-order valence-electron chi connectivity index (χ4n) is 3.53. The fraction of sp³-hybridized carbons (Fsp3) is 1.00. The Morgan fingerprint density at radius 2 is 1.94 bits per heavy atom.